The molecule has 0 spiro atoms. The fourth-order valence-corrected chi connectivity index (χ4v) is 9.69. The molecule has 0 bridgehead atoms. The van der Waals surface area contributed by atoms with E-state index in [1.807, 2.05) is 54.6 Å². The Morgan fingerprint density at radius 3 is 2.03 bits per heavy atom. The van der Waals surface area contributed by atoms with Crippen LogP contribution >= 0.6 is 0 Å². The topological polar surface area (TPSA) is 76.7 Å². The van der Waals surface area contributed by atoms with Crippen molar-refractivity contribution in [2.45, 2.75) is 77.7 Å². The van der Waals surface area contributed by atoms with Crippen molar-refractivity contribution in [2.75, 3.05) is 5.32 Å². The van der Waals surface area contributed by atoms with Crippen LogP contribution in [-0.2, 0) is 16.1 Å². The van der Waals surface area contributed by atoms with E-state index in [0.717, 1.165) is 11.3 Å². The van der Waals surface area contributed by atoms with E-state index >= 15 is 0 Å². The number of carbonyl (C=O) groups is 2. The van der Waals surface area contributed by atoms with Gasteiger partial charge in [0.05, 0.1) is 0 Å². The van der Waals surface area contributed by atoms with Crippen molar-refractivity contribution in [1.82, 2.24) is 5.32 Å². The van der Waals surface area contributed by atoms with Crippen LogP contribution in [0.4, 0.5) is 10.5 Å². The standard InChI is InChI=1S/C26H38N2O4Si/c1-18(2)33(19(3)4,20(5)6)32-24-15-11-14-23(16-24)28-25(29)21(7)27-26(30)31-17-22-12-9-8-10-13-22/h8-16,18-21H,17H2,1-7H3,(H,27,30)(H,28,29)/t21-/m1/s1. The van der Waals surface area contributed by atoms with Gasteiger partial charge in [0.25, 0.3) is 8.32 Å². The lowest BCUT2D eigenvalue weighted by Gasteiger charge is -2.42. The van der Waals surface area contributed by atoms with E-state index in [4.69, 9.17) is 9.16 Å². The molecule has 0 saturated heterocycles. The Kier molecular flexibility index (Phi) is 9.52. The number of ether oxygens (including phenoxy) is 1. The van der Waals surface area contributed by atoms with E-state index in [-0.39, 0.29) is 12.5 Å². The second-order valence-corrected chi connectivity index (χ2v) is 14.7. The van der Waals surface area contributed by atoms with Gasteiger partial charge in [-0.2, -0.15) is 0 Å². The highest BCUT2D eigenvalue weighted by Crippen LogP contribution is 2.43. The highest BCUT2D eigenvalue weighted by molar-refractivity contribution is 6.78. The fraction of sp³-hybridized carbons (Fsp3) is 0.462. The summed E-state index contributed by atoms with van der Waals surface area (Å²) in [6.07, 6.45) is -0.639. The summed E-state index contributed by atoms with van der Waals surface area (Å²) in [6.45, 7) is 15.2. The molecule has 2 aromatic rings. The Morgan fingerprint density at radius 2 is 1.45 bits per heavy atom. The zero-order chi connectivity index (χ0) is 24.6. The van der Waals surface area contributed by atoms with E-state index in [9.17, 15) is 9.59 Å². The number of alkyl carbamates (subject to hydrolysis) is 1. The molecule has 0 fully saturated rings. The second-order valence-electron chi connectivity index (χ2n) is 9.36. The summed E-state index contributed by atoms with van der Waals surface area (Å²) in [6, 6.07) is 16.1. The Bertz CT molecular complexity index is 894. The lowest BCUT2D eigenvalue weighted by Crippen LogP contribution is -2.50. The van der Waals surface area contributed by atoms with E-state index < -0.39 is 20.5 Å². The molecule has 2 N–H and O–H groups in total. The monoisotopic (exact) mass is 470 g/mol. The predicted octanol–water partition coefficient (Wildman–Crippen LogP) is 6.49. The van der Waals surface area contributed by atoms with Crippen LogP contribution in [0.15, 0.2) is 54.6 Å². The van der Waals surface area contributed by atoms with E-state index in [1.165, 1.54) is 0 Å². The smallest absolute Gasteiger partial charge is 0.408 e. The van der Waals surface area contributed by atoms with E-state index in [2.05, 4.69) is 52.2 Å². The Morgan fingerprint density at radius 1 is 0.848 bits per heavy atom. The maximum atomic E-state index is 12.6. The van der Waals surface area contributed by atoms with Crippen LogP contribution in [-0.4, -0.2) is 26.4 Å². The largest absolute Gasteiger partial charge is 0.543 e. The van der Waals surface area contributed by atoms with E-state index in [1.54, 1.807) is 6.92 Å². The molecular weight excluding hydrogens is 432 g/mol. The third-order valence-corrected chi connectivity index (χ3v) is 12.0. The molecule has 2 amide bonds. The van der Waals surface area contributed by atoms with Gasteiger partial charge in [0.1, 0.15) is 18.4 Å². The maximum absolute atomic E-state index is 12.6. The number of nitrogens with one attached hydrogen (secondary N) is 2. The van der Waals surface area contributed by atoms with Crippen LogP contribution in [0.1, 0.15) is 54.0 Å². The molecular formula is C26H38N2O4Si. The van der Waals surface area contributed by atoms with Crippen LogP contribution in [0.2, 0.25) is 16.6 Å². The SMILES string of the molecule is CC(C)[Si](Oc1cccc(NC(=O)[C@@H](C)NC(=O)OCc2ccccc2)c1)(C(C)C)C(C)C. The molecule has 7 heteroatoms. The zero-order valence-electron chi connectivity index (χ0n) is 20.8. The Labute approximate surface area is 199 Å². The van der Waals surface area contributed by atoms with Crippen molar-refractivity contribution in [3.63, 3.8) is 0 Å². The van der Waals surface area contributed by atoms with Gasteiger partial charge in [-0.25, -0.2) is 4.79 Å². The first-order valence-corrected chi connectivity index (χ1v) is 13.8. The number of anilines is 1. The molecule has 0 unspecified atom stereocenters. The molecule has 2 aromatic carbocycles. The minimum atomic E-state index is -2.10. The third kappa shape index (κ3) is 7.09. The molecule has 0 aliphatic heterocycles. The molecule has 0 aliphatic rings. The zero-order valence-corrected chi connectivity index (χ0v) is 21.8. The fourth-order valence-electron chi connectivity index (χ4n) is 4.45. The number of hydrogen-bond acceptors (Lipinski definition) is 4. The first-order valence-electron chi connectivity index (χ1n) is 11.6. The summed E-state index contributed by atoms with van der Waals surface area (Å²) in [5, 5.41) is 5.43. The van der Waals surface area contributed by atoms with Crippen LogP contribution in [0.25, 0.3) is 0 Å². The van der Waals surface area contributed by atoms with Crippen LogP contribution in [0, 0.1) is 0 Å². The molecule has 0 aromatic heterocycles. The van der Waals surface area contributed by atoms with Crippen molar-refractivity contribution in [1.29, 1.82) is 0 Å². The normalized spacial score (nSPS) is 12.5. The first kappa shape index (κ1) is 26.4. The van der Waals surface area contributed by atoms with Crippen molar-refractivity contribution >= 4 is 26.0 Å². The molecule has 2 rings (SSSR count). The molecule has 0 aliphatic carbocycles. The molecule has 33 heavy (non-hydrogen) atoms. The average Bonchev–Trinajstić information content (AvgIpc) is 2.76. The summed E-state index contributed by atoms with van der Waals surface area (Å²) in [4.78, 5) is 24.7. The Balaban J connectivity index is 1.99. The number of rotatable bonds is 10. The maximum Gasteiger partial charge on any atom is 0.408 e. The van der Waals surface area contributed by atoms with E-state index in [0.29, 0.717) is 22.3 Å². The summed E-state index contributed by atoms with van der Waals surface area (Å²) < 4.78 is 11.9. The van der Waals surface area contributed by atoms with Gasteiger partial charge in [-0.05, 0) is 41.2 Å². The minimum Gasteiger partial charge on any atom is -0.543 e. The quantitative estimate of drug-likeness (QED) is 0.389. The van der Waals surface area contributed by atoms with Gasteiger partial charge in [0.2, 0.25) is 5.91 Å². The number of carbonyl (C=O) groups excluding carboxylic acids is 2. The van der Waals surface area contributed by atoms with Gasteiger partial charge < -0.3 is 19.8 Å². The molecule has 0 heterocycles. The van der Waals surface area contributed by atoms with Gasteiger partial charge in [0, 0.05) is 11.8 Å². The molecule has 180 valence electrons. The van der Waals surface area contributed by atoms with Crippen molar-refractivity contribution in [3.05, 3.63) is 60.2 Å². The number of benzene rings is 2. The van der Waals surface area contributed by atoms with Crippen LogP contribution in [0.3, 0.4) is 0 Å². The van der Waals surface area contributed by atoms with Crippen LogP contribution < -0.4 is 15.1 Å². The molecule has 0 radical (unpaired) electrons. The molecule has 1 atom stereocenters. The van der Waals surface area contributed by atoms with Gasteiger partial charge in [-0.3, -0.25) is 4.79 Å². The highest BCUT2D eigenvalue weighted by Gasteiger charge is 2.47. The third-order valence-electron chi connectivity index (χ3n) is 6.04. The average molecular weight is 471 g/mol. The summed E-state index contributed by atoms with van der Waals surface area (Å²) >= 11 is 0. The summed E-state index contributed by atoms with van der Waals surface area (Å²) in [5.41, 5.74) is 2.85. The number of amides is 2. The van der Waals surface area contributed by atoms with Crippen molar-refractivity contribution in [3.8, 4) is 5.75 Å². The molecule has 0 saturated carbocycles. The predicted molar refractivity (Wildman–Crippen MR) is 136 cm³/mol. The van der Waals surface area contributed by atoms with Crippen LogP contribution in [0.5, 0.6) is 5.75 Å². The summed E-state index contributed by atoms with van der Waals surface area (Å²) in [5.74, 6) is 0.433. The Hall–Kier alpha value is -2.80. The van der Waals surface area contributed by atoms with Crippen molar-refractivity contribution in [2.24, 2.45) is 0 Å². The number of hydrogen-bond donors (Lipinski definition) is 2. The summed E-state index contributed by atoms with van der Waals surface area (Å²) in [7, 11) is -2.10. The second kappa shape index (κ2) is 11.9. The highest BCUT2D eigenvalue weighted by atomic mass is 28.4. The lowest BCUT2D eigenvalue weighted by molar-refractivity contribution is -0.117. The van der Waals surface area contributed by atoms with Gasteiger partial charge in [0.15, 0.2) is 0 Å². The first-order chi connectivity index (χ1) is 15.6. The van der Waals surface area contributed by atoms with Gasteiger partial charge in [-0.15, -0.1) is 0 Å². The van der Waals surface area contributed by atoms with Crippen molar-refractivity contribution < 1.29 is 18.8 Å². The minimum absolute atomic E-state index is 0.146. The molecule has 6 nitrogen and oxygen atoms in total. The lowest BCUT2D eigenvalue weighted by atomic mass is 10.2. The van der Waals surface area contributed by atoms with Gasteiger partial charge >= 0.3 is 6.09 Å². The van der Waals surface area contributed by atoms with Gasteiger partial charge in [-0.1, -0.05) is 77.9 Å².